The summed E-state index contributed by atoms with van der Waals surface area (Å²) < 4.78 is 46.1. The number of nitrogens with zero attached hydrogens (tertiary/aromatic N) is 1. The van der Waals surface area contributed by atoms with Gasteiger partial charge in [-0.15, -0.1) is 0 Å². The lowest BCUT2D eigenvalue weighted by molar-refractivity contribution is 0.0367. The number of hydrogen-bond donors (Lipinski definition) is 1. The molecule has 0 spiro atoms. The Kier molecular flexibility index (Phi) is 3.99. The van der Waals surface area contributed by atoms with Crippen LogP contribution in [0, 0.1) is 5.92 Å². The molecule has 1 fully saturated rings. The fourth-order valence-electron chi connectivity index (χ4n) is 1.69. The van der Waals surface area contributed by atoms with Gasteiger partial charge in [0.1, 0.15) is 0 Å². The Balaban J connectivity index is 2.56. The van der Waals surface area contributed by atoms with E-state index >= 15 is 0 Å². The summed E-state index contributed by atoms with van der Waals surface area (Å²) in [5.74, 6) is 0.134. The number of sulfone groups is 1. The first kappa shape index (κ1) is 13.9. The van der Waals surface area contributed by atoms with Crippen molar-refractivity contribution in [3.05, 3.63) is 0 Å². The second-order valence-corrected chi connectivity index (χ2v) is 9.01. The largest absolute Gasteiger partial charge is 0.393 e. The zero-order valence-electron chi connectivity index (χ0n) is 9.33. The minimum absolute atomic E-state index is 0.134. The molecular weight excluding hydrogens is 254 g/mol. The smallest absolute Gasteiger partial charge is 0.228 e. The SMILES string of the molecule is CN(CC1CC(O)C1)S(=O)(=O)CS(C)(=O)=O. The van der Waals surface area contributed by atoms with E-state index in [2.05, 4.69) is 0 Å². The molecule has 1 aliphatic carbocycles. The van der Waals surface area contributed by atoms with E-state index in [1.807, 2.05) is 0 Å². The van der Waals surface area contributed by atoms with Crippen molar-refractivity contribution in [1.29, 1.82) is 0 Å². The van der Waals surface area contributed by atoms with Gasteiger partial charge < -0.3 is 5.11 Å². The number of rotatable bonds is 5. The normalized spacial score (nSPS) is 26.8. The molecule has 0 aromatic heterocycles. The zero-order valence-corrected chi connectivity index (χ0v) is 11.0. The van der Waals surface area contributed by atoms with Gasteiger partial charge in [0.2, 0.25) is 10.0 Å². The van der Waals surface area contributed by atoms with Gasteiger partial charge >= 0.3 is 0 Å². The van der Waals surface area contributed by atoms with E-state index in [4.69, 9.17) is 5.11 Å². The van der Waals surface area contributed by atoms with Gasteiger partial charge in [0.25, 0.3) is 0 Å². The van der Waals surface area contributed by atoms with Crippen molar-refractivity contribution in [3.63, 3.8) is 0 Å². The average Bonchev–Trinajstić information content (AvgIpc) is 1.96. The van der Waals surface area contributed by atoms with E-state index in [0.717, 1.165) is 10.6 Å². The van der Waals surface area contributed by atoms with E-state index in [-0.39, 0.29) is 18.6 Å². The van der Waals surface area contributed by atoms with E-state index in [9.17, 15) is 16.8 Å². The van der Waals surface area contributed by atoms with Crippen LogP contribution >= 0.6 is 0 Å². The maximum Gasteiger partial charge on any atom is 0.228 e. The van der Waals surface area contributed by atoms with Gasteiger partial charge in [-0.25, -0.2) is 21.1 Å². The van der Waals surface area contributed by atoms with Gasteiger partial charge in [-0.3, -0.25) is 0 Å². The maximum atomic E-state index is 11.6. The molecule has 0 bridgehead atoms. The molecule has 1 N–H and O–H groups in total. The van der Waals surface area contributed by atoms with Crippen molar-refractivity contribution in [3.8, 4) is 0 Å². The summed E-state index contributed by atoms with van der Waals surface area (Å²) in [6.07, 6.45) is 1.72. The molecule has 1 aliphatic rings. The summed E-state index contributed by atoms with van der Waals surface area (Å²) in [5.41, 5.74) is 0. The van der Waals surface area contributed by atoms with E-state index in [1.54, 1.807) is 0 Å². The van der Waals surface area contributed by atoms with E-state index < -0.39 is 24.9 Å². The van der Waals surface area contributed by atoms with Gasteiger partial charge in [0.15, 0.2) is 14.9 Å². The van der Waals surface area contributed by atoms with E-state index in [0.29, 0.717) is 12.8 Å². The minimum atomic E-state index is -3.74. The number of aliphatic hydroxyl groups excluding tert-OH is 1. The Bertz CT molecular complexity index is 435. The molecule has 0 atom stereocenters. The lowest BCUT2D eigenvalue weighted by atomic mass is 9.82. The van der Waals surface area contributed by atoms with Crippen LogP contribution in [0.3, 0.4) is 0 Å². The Morgan fingerprint density at radius 2 is 1.75 bits per heavy atom. The van der Waals surface area contributed by atoms with Crippen molar-refractivity contribution < 1.29 is 21.9 Å². The molecule has 96 valence electrons. The highest BCUT2D eigenvalue weighted by Crippen LogP contribution is 2.28. The van der Waals surface area contributed by atoms with Gasteiger partial charge in [-0.2, -0.15) is 0 Å². The van der Waals surface area contributed by atoms with Gasteiger partial charge in [0, 0.05) is 19.8 Å². The molecule has 0 aromatic rings. The van der Waals surface area contributed by atoms with Crippen LogP contribution in [0.5, 0.6) is 0 Å². The van der Waals surface area contributed by atoms with Crippen LogP contribution in [0.15, 0.2) is 0 Å². The molecule has 0 aromatic carbocycles. The number of aliphatic hydroxyl groups is 1. The molecular formula is C8H17NO5S2. The van der Waals surface area contributed by atoms with Gasteiger partial charge in [-0.1, -0.05) is 0 Å². The quantitative estimate of drug-likeness (QED) is 0.694. The highest BCUT2D eigenvalue weighted by molar-refractivity contribution is 8.06. The minimum Gasteiger partial charge on any atom is -0.393 e. The summed E-state index contributed by atoms with van der Waals surface area (Å²) in [6.45, 7) is 0.273. The predicted octanol–water partition coefficient (Wildman–Crippen LogP) is -0.979. The summed E-state index contributed by atoms with van der Waals surface area (Å²) >= 11 is 0. The van der Waals surface area contributed by atoms with Crippen molar-refractivity contribution >= 4 is 19.9 Å². The number of sulfonamides is 1. The molecule has 8 heteroatoms. The monoisotopic (exact) mass is 271 g/mol. The molecule has 0 radical (unpaired) electrons. The Labute approximate surface area is 96.2 Å². The molecule has 0 unspecified atom stereocenters. The second-order valence-electron chi connectivity index (χ2n) is 4.43. The lowest BCUT2D eigenvalue weighted by Crippen LogP contribution is -2.41. The van der Waals surface area contributed by atoms with Crippen LogP contribution in [0.1, 0.15) is 12.8 Å². The van der Waals surface area contributed by atoms with Crippen LogP contribution in [0.2, 0.25) is 0 Å². The zero-order chi connectivity index (χ0) is 12.6. The fraction of sp³-hybridized carbons (Fsp3) is 1.00. The molecule has 0 heterocycles. The first-order chi connectivity index (χ1) is 7.10. The molecule has 0 amide bonds. The Morgan fingerprint density at radius 1 is 1.25 bits per heavy atom. The molecule has 0 saturated heterocycles. The molecule has 1 rings (SSSR count). The van der Waals surface area contributed by atoms with Gasteiger partial charge in [-0.05, 0) is 18.8 Å². The third-order valence-electron chi connectivity index (χ3n) is 2.56. The van der Waals surface area contributed by atoms with Crippen LogP contribution in [0.4, 0.5) is 0 Å². The predicted molar refractivity (Wildman–Crippen MR) is 60.0 cm³/mol. The van der Waals surface area contributed by atoms with Crippen LogP contribution in [-0.2, 0) is 19.9 Å². The molecule has 6 nitrogen and oxygen atoms in total. The summed E-state index contributed by atoms with van der Waals surface area (Å²) in [4.78, 5) is 0. The van der Waals surface area contributed by atoms with Crippen molar-refractivity contribution in [1.82, 2.24) is 4.31 Å². The van der Waals surface area contributed by atoms with E-state index in [1.165, 1.54) is 7.05 Å². The van der Waals surface area contributed by atoms with Crippen LogP contribution in [0.25, 0.3) is 0 Å². The number of hydrogen-bond acceptors (Lipinski definition) is 5. The fourth-order valence-corrected chi connectivity index (χ4v) is 5.01. The highest BCUT2D eigenvalue weighted by atomic mass is 32.3. The first-order valence-electron chi connectivity index (χ1n) is 4.90. The maximum absolute atomic E-state index is 11.6. The topological polar surface area (TPSA) is 91.8 Å². The standard InChI is InChI=1S/C8H17NO5S2/c1-9(5-7-3-8(10)4-7)16(13,14)6-15(2,11)12/h7-8,10H,3-6H2,1-2H3. The Morgan fingerprint density at radius 3 is 2.12 bits per heavy atom. The van der Waals surface area contributed by atoms with Crippen molar-refractivity contribution in [2.24, 2.45) is 5.92 Å². The average molecular weight is 271 g/mol. The highest BCUT2D eigenvalue weighted by Gasteiger charge is 2.32. The summed E-state index contributed by atoms with van der Waals surface area (Å²) in [7, 11) is -5.92. The molecule has 0 aliphatic heterocycles. The van der Waals surface area contributed by atoms with Crippen LogP contribution < -0.4 is 0 Å². The lowest BCUT2D eigenvalue weighted by Gasteiger charge is -2.33. The summed E-state index contributed by atoms with van der Waals surface area (Å²) in [6, 6.07) is 0. The third-order valence-corrected chi connectivity index (χ3v) is 6.57. The second kappa shape index (κ2) is 4.59. The molecule has 1 saturated carbocycles. The molecule has 16 heavy (non-hydrogen) atoms. The van der Waals surface area contributed by atoms with Crippen LogP contribution in [-0.4, -0.2) is 57.3 Å². The Hall–Kier alpha value is -0.180. The summed E-state index contributed by atoms with van der Waals surface area (Å²) in [5, 5.41) is 8.20. The first-order valence-corrected chi connectivity index (χ1v) is 8.57. The van der Waals surface area contributed by atoms with Gasteiger partial charge in [0.05, 0.1) is 6.10 Å². The van der Waals surface area contributed by atoms with Crippen molar-refractivity contribution in [2.75, 3.05) is 24.9 Å². The third kappa shape index (κ3) is 4.00. The van der Waals surface area contributed by atoms with Crippen molar-refractivity contribution in [2.45, 2.75) is 18.9 Å².